The predicted octanol–water partition coefficient (Wildman–Crippen LogP) is -0.359. The summed E-state index contributed by atoms with van der Waals surface area (Å²) >= 11 is 0. The SMILES string of the molecule is CC(=O)C(O)CCCOC(=O)CC[C@H](N)C(=O)OCCCC(O)C(C)=O. The highest BCUT2D eigenvalue weighted by Gasteiger charge is 2.18. The lowest BCUT2D eigenvalue weighted by atomic mass is 10.1. The fourth-order valence-electron chi connectivity index (χ4n) is 1.89. The van der Waals surface area contributed by atoms with Crippen LogP contribution in [0.2, 0.25) is 0 Å². The fraction of sp³-hybridized carbons (Fsp3) is 0.765. The van der Waals surface area contributed by atoms with E-state index < -0.39 is 30.2 Å². The molecule has 2 unspecified atom stereocenters. The van der Waals surface area contributed by atoms with Gasteiger partial charge in [0.05, 0.1) is 13.2 Å². The van der Waals surface area contributed by atoms with Crippen molar-refractivity contribution in [1.29, 1.82) is 0 Å². The molecule has 0 saturated heterocycles. The van der Waals surface area contributed by atoms with Gasteiger partial charge in [-0.05, 0) is 46.0 Å². The second-order valence-corrected chi connectivity index (χ2v) is 6.07. The van der Waals surface area contributed by atoms with E-state index in [-0.39, 0.29) is 50.5 Å². The van der Waals surface area contributed by atoms with Crippen molar-refractivity contribution >= 4 is 23.5 Å². The van der Waals surface area contributed by atoms with Gasteiger partial charge in [-0.3, -0.25) is 19.2 Å². The van der Waals surface area contributed by atoms with E-state index >= 15 is 0 Å². The summed E-state index contributed by atoms with van der Waals surface area (Å²) in [6, 6.07) is -0.972. The molecule has 0 aliphatic carbocycles. The highest BCUT2D eigenvalue weighted by Crippen LogP contribution is 2.04. The molecule has 0 heterocycles. The Kier molecular flexibility index (Phi) is 12.4. The number of ketones is 2. The first-order chi connectivity index (χ1) is 12.1. The molecule has 3 atom stereocenters. The Balaban J connectivity index is 3.80. The maximum atomic E-state index is 11.6. The molecule has 9 heteroatoms. The van der Waals surface area contributed by atoms with Crippen molar-refractivity contribution in [2.75, 3.05) is 13.2 Å². The van der Waals surface area contributed by atoms with E-state index in [0.717, 1.165) is 0 Å². The van der Waals surface area contributed by atoms with Crippen LogP contribution in [0.1, 0.15) is 52.4 Å². The number of ether oxygens (including phenoxy) is 2. The van der Waals surface area contributed by atoms with E-state index in [9.17, 15) is 29.4 Å². The zero-order valence-electron chi connectivity index (χ0n) is 15.3. The maximum absolute atomic E-state index is 11.6. The van der Waals surface area contributed by atoms with Crippen molar-refractivity contribution in [3.63, 3.8) is 0 Å². The molecule has 0 aromatic heterocycles. The minimum absolute atomic E-state index is 0.0276. The summed E-state index contributed by atoms with van der Waals surface area (Å²) in [5.74, 6) is -1.88. The lowest BCUT2D eigenvalue weighted by Gasteiger charge is -2.12. The Bertz CT molecular complexity index is 479. The van der Waals surface area contributed by atoms with Crippen LogP contribution < -0.4 is 5.73 Å². The number of aliphatic hydroxyl groups excluding tert-OH is 2. The van der Waals surface area contributed by atoms with Gasteiger partial charge in [-0.2, -0.15) is 0 Å². The lowest BCUT2D eigenvalue weighted by Crippen LogP contribution is -2.33. The Morgan fingerprint density at radius 3 is 1.77 bits per heavy atom. The molecular formula is C17H29NO8. The number of hydrogen-bond donors (Lipinski definition) is 3. The molecule has 0 aromatic rings. The zero-order chi connectivity index (χ0) is 20.1. The van der Waals surface area contributed by atoms with Gasteiger partial charge in [-0.25, -0.2) is 0 Å². The van der Waals surface area contributed by atoms with Crippen LogP contribution in [-0.2, 0) is 28.7 Å². The smallest absolute Gasteiger partial charge is 0.322 e. The average Bonchev–Trinajstić information content (AvgIpc) is 2.59. The maximum Gasteiger partial charge on any atom is 0.322 e. The Hall–Kier alpha value is -1.84. The number of hydrogen-bond acceptors (Lipinski definition) is 9. The van der Waals surface area contributed by atoms with Crippen molar-refractivity contribution in [3.8, 4) is 0 Å². The summed E-state index contributed by atoms with van der Waals surface area (Å²) in [6.07, 6.45) is -1.02. The molecule has 4 N–H and O–H groups in total. The van der Waals surface area contributed by atoms with Gasteiger partial charge in [-0.15, -0.1) is 0 Å². The van der Waals surface area contributed by atoms with Crippen LogP contribution in [0.15, 0.2) is 0 Å². The van der Waals surface area contributed by atoms with Gasteiger partial charge in [0.1, 0.15) is 18.2 Å². The van der Waals surface area contributed by atoms with Crippen LogP contribution in [0.4, 0.5) is 0 Å². The topological polar surface area (TPSA) is 153 Å². The van der Waals surface area contributed by atoms with Crippen LogP contribution in [0, 0.1) is 0 Å². The zero-order valence-corrected chi connectivity index (χ0v) is 15.3. The van der Waals surface area contributed by atoms with Crippen LogP contribution >= 0.6 is 0 Å². The van der Waals surface area contributed by atoms with Crippen LogP contribution in [-0.4, -0.2) is 65.2 Å². The summed E-state index contributed by atoms with van der Waals surface area (Å²) < 4.78 is 9.84. The standard InChI is InChI=1S/C17H29NO8/c1-11(19)14(21)5-3-9-25-16(23)8-7-13(18)17(24)26-10-4-6-15(22)12(2)20/h13-15,21-22H,3-10,18H2,1-2H3/t13-,14?,15?/m0/s1. The van der Waals surface area contributed by atoms with Crippen LogP contribution in [0.3, 0.4) is 0 Å². The number of Topliss-reactive ketones (excluding diaryl/α,β-unsaturated/α-hetero) is 2. The van der Waals surface area contributed by atoms with Gasteiger partial charge < -0.3 is 25.4 Å². The molecule has 0 rings (SSSR count). The fourth-order valence-corrected chi connectivity index (χ4v) is 1.89. The summed E-state index contributed by atoms with van der Waals surface area (Å²) in [6.45, 7) is 2.65. The van der Waals surface area contributed by atoms with Gasteiger partial charge in [0.2, 0.25) is 0 Å². The van der Waals surface area contributed by atoms with Gasteiger partial charge in [0, 0.05) is 6.42 Å². The predicted molar refractivity (Wildman–Crippen MR) is 91.0 cm³/mol. The van der Waals surface area contributed by atoms with E-state index in [1.54, 1.807) is 0 Å². The minimum Gasteiger partial charge on any atom is -0.466 e. The number of carbonyl (C=O) groups is 4. The molecule has 0 spiro atoms. The Morgan fingerprint density at radius 1 is 0.846 bits per heavy atom. The molecule has 0 fully saturated rings. The van der Waals surface area contributed by atoms with Crippen molar-refractivity contribution in [2.24, 2.45) is 5.73 Å². The van der Waals surface area contributed by atoms with Gasteiger partial charge >= 0.3 is 11.9 Å². The van der Waals surface area contributed by atoms with E-state index in [1.807, 2.05) is 0 Å². The van der Waals surface area contributed by atoms with Crippen molar-refractivity contribution < 1.29 is 38.9 Å². The Morgan fingerprint density at radius 2 is 1.31 bits per heavy atom. The van der Waals surface area contributed by atoms with Crippen LogP contribution in [0.5, 0.6) is 0 Å². The second kappa shape index (κ2) is 13.4. The average molecular weight is 375 g/mol. The number of aliphatic hydroxyl groups is 2. The molecule has 0 bridgehead atoms. The largest absolute Gasteiger partial charge is 0.466 e. The lowest BCUT2D eigenvalue weighted by molar-refractivity contribution is -0.147. The number of rotatable bonds is 14. The van der Waals surface area contributed by atoms with E-state index in [2.05, 4.69) is 0 Å². The van der Waals surface area contributed by atoms with Gasteiger partial charge in [-0.1, -0.05) is 0 Å². The molecule has 0 aliphatic heterocycles. The minimum atomic E-state index is -1.06. The van der Waals surface area contributed by atoms with E-state index in [4.69, 9.17) is 15.2 Å². The summed E-state index contributed by atoms with van der Waals surface area (Å²) in [5, 5.41) is 18.6. The normalized spacial score (nSPS) is 14.2. The molecule has 0 aromatic carbocycles. The van der Waals surface area contributed by atoms with Crippen LogP contribution in [0.25, 0.3) is 0 Å². The third-order valence-electron chi connectivity index (χ3n) is 3.65. The van der Waals surface area contributed by atoms with Crippen molar-refractivity contribution in [1.82, 2.24) is 0 Å². The Labute approximate surface area is 152 Å². The number of esters is 2. The molecular weight excluding hydrogens is 346 g/mol. The molecule has 0 radical (unpaired) electrons. The third-order valence-corrected chi connectivity index (χ3v) is 3.65. The van der Waals surface area contributed by atoms with Crippen molar-refractivity contribution in [2.45, 2.75) is 70.6 Å². The first kappa shape index (κ1) is 24.2. The monoisotopic (exact) mass is 375 g/mol. The molecule has 0 amide bonds. The molecule has 0 saturated carbocycles. The highest BCUT2D eigenvalue weighted by molar-refractivity contribution is 5.80. The van der Waals surface area contributed by atoms with Gasteiger partial charge in [0.25, 0.3) is 0 Å². The second-order valence-electron chi connectivity index (χ2n) is 6.07. The number of nitrogens with two attached hydrogens (primary N) is 1. The highest BCUT2D eigenvalue weighted by atomic mass is 16.5. The summed E-state index contributed by atoms with van der Waals surface area (Å²) in [5.41, 5.74) is 5.63. The van der Waals surface area contributed by atoms with Gasteiger partial charge in [0.15, 0.2) is 11.6 Å². The quantitative estimate of drug-likeness (QED) is 0.273. The van der Waals surface area contributed by atoms with E-state index in [1.165, 1.54) is 13.8 Å². The van der Waals surface area contributed by atoms with E-state index in [0.29, 0.717) is 12.8 Å². The van der Waals surface area contributed by atoms with Crippen molar-refractivity contribution in [3.05, 3.63) is 0 Å². The molecule has 9 nitrogen and oxygen atoms in total. The summed E-state index contributed by atoms with van der Waals surface area (Å²) in [4.78, 5) is 44.8. The summed E-state index contributed by atoms with van der Waals surface area (Å²) in [7, 11) is 0. The molecule has 150 valence electrons. The first-order valence-corrected chi connectivity index (χ1v) is 8.60. The molecule has 0 aliphatic rings. The first-order valence-electron chi connectivity index (χ1n) is 8.60. The molecule has 26 heavy (non-hydrogen) atoms. The number of carbonyl (C=O) groups excluding carboxylic acids is 4. The third kappa shape index (κ3) is 11.7.